The van der Waals surface area contributed by atoms with Gasteiger partial charge in [-0.1, -0.05) is 0 Å². The van der Waals surface area contributed by atoms with Crippen LogP contribution in [0.15, 0.2) is 0 Å². The molecule has 0 aromatic carbocycles. The van der Waals surface area contributed by atoms with Crippen LogP contribution in [0.4, 0.5) is 0 Å². The number of rotatable bonds is 10. The van der Waals surface area contributed by atoms with Gasteiger partial charge in [0.1, 0.15) is 0 Å². The van der Waals surface area contributed by atoms with Gasteiger partial charge in [0, 0.05) is 0 Å². The molecule has 0 saturated carbocycles. The molecule has 3 atom stereocenters. The third-order valence-electron chi connectivity index (χ3n) is 2.89. The molecule has 0 aromatic rings. The molecule has 0 rings (SSSR count). The molecule has 3 unspecified atom stereocenters. The fourth-order valence-electron chi connectivity index (χ4n) is 2.12. The third-order valence-corrected chi connectivity index (χ3v) is 10.2. The molecule has 0 amide bonds. The topological polar surface area (TPSA) is 80.9 Å². The van der Waals surface area contributed by atoms with E-state index in [0.29, 0.717) is 0 Å². The molecule has 0 aromatic heterocycles. The Morgan fingerprint density at radius 3 is 1.16 bits per heavy atom. The molecule has 0 aliphatic heterocycles. The van der Waals surface area contributed by atoms with E-state index in [1.165, 1.54) is 0 Å². The molecule has 0 aliphatic rings. The normalized spacial score (nSPS) is 19.5. The van der Waals surface area contributed by atoms with Gasteiger partial charge in [0.05, 0.1) is 0 Å². The molecule has 118 valence electrons. The molecule has 9 heteroatoms. The monoisotopic (exact) mass is 376 g/mol. The van der Waals surface area contributed by atoms with E-state index in [0.717, 1.165) is 0 Å². The second-order valence-corrected chi connectivity index (χ2v) is 13.7. The Morgan fingerprint density at radius 2 is 1.00 bits per heavy atom. The average molecular weight is 378 g/mol. The summed E-state index contributed by atoms with van der Waals surface area (Å²) in [7, 11) is 0. The van der Waals surface area contributed by atoms with Gasteiger partial charge >= 0.3 is 133 Å². The second kappa shape index (κ2) is 8.77. The van der Waals surface area contributed by atoms with Gasteiger partial charge < -0.3 is 0 Å². The van der Waals surface area contributed by atoms with Crippen LogP contribution in [-0.4, -0.2) is 81.2 Å². The Hall–Kier alpha value is 1.43. The third kappa shape index (κ3) is 6.82. The minimum absolute atomic E-state index is 0.0368. The summed E-state index contributed by atoms with van der Waals surface area (Å²) in [4.78, 5) is 0. The number of aliphatic hydroxyl groups is 4. The first-order valence-corrected chi connectivity index (χ1v) is 11.3. The molecule has 19 heavy (non-hydrogen) atoms. The SMILES string of the molecule is OCP(Cl)(CC(O)CCl)(CC(O)CCl)CC(O)CCl. The first-order chi connectivity index (χ1) is 8.72. The molecule has 0 heterocycles. The number of alkyl halides is 3. The van der Waals surface area contributed by atoms with Gasteiger partial charge in [-0.3, -0.25) is 0 Å². The summed E-state index contributed by atoms with van der Waals surface area (Å²) >= 11 is 23.3. The number of aliphatic hydroxyl groups excluding tert-OH is 4. The summed E-state index contributed by atoms with van der Waals surface area (Å²) in [6.07, 6.45) is -3.08. The van der Waals surface area contributed by atoms with Crippen LogP contribution in [0, 0.1) is 0 Å². The van der Waals surface area contributed by atoms with Crippen LogP contribution in [0.2, 0.25) is 0 Å². The number of halogens is 4. The maximum absolute atomic E-state index is 9.74. The molecule has 0 radical (unpaired) electrons. The second-order valence-electron chi connectivity index (χ2n) is 4.93. The van der Waals surface area contributed by atoms with Crippen LogP contribution in [0.5, 0.6) is 0 Å². The van der Waals surface area contributed by atoms with Crippen molar-refractivity contribution in [2.75, 3.05) is 42.5 Å². The molecule has 4 nitrogen and oxygen atoms in total. The van der Waals surface area contributed by atoms with E-state index in [9.17, 15) is 20.4 Å². The van der Waals surface area contributed by atoms with E-state index in [1.807, 2.05) is 0 Å². The summed E-state index contributed by atoms with van der Waals surface area (Å²) in [5, 5.41) is 38.9. The van der Waals surface area contributed by atoms with E-state index in [1.54, 1.807) is 0 Å². The Morgan fingerprint density at radius 1 is 0.737 bits per heavy atom. The van der Waals surface area contributed by atoms with E-state index < -0.39 is 30.6 Å². The molecule has 0 bridgehead atoms. The summed E-state index contributed by atoms with van der Waals surface area (Å²) in [6.45, 7) is 0. The average Bonchev–Trinajstić information content (AvgIpc) is 2.38. The van der Waals surface area contributed by atoms with Gasteiger partial charge in [-0.25, -0.2) is 0 Å². The zero-order valence-corrected chi connectivity index (χ0v) is 14.3. The van der Waals surface area contributed by atoms with Crippen molar-refractivity contribution in [2.45, 2.75) is 18.3 Å². The maximum atomic E-state index is 9.74. The van der Waals surface area contributed by atoms with E-state index in [-0.39, 0.29) is 36.1 Å². The summed E-state index contributed by atoms with van der Waals surface area (Å²) < 4.78 is 0. The Balaban J connectivity index is 5.23. The van der Waals surface area contributed by atoms with Crippen LogP contribution in [-0.2, 0) is 0 Å². The molecule has 0 saturated heterocycles. The van der Waals surface area contributed by atoms with Gasteiger partial charge in [-0.05, 0) is 0 Å². The predicted molar refractivity (Wildman–Crippen MR) is 84.6 cm³/mol. The number of hydrogen-bond donors (Lipinski definition) is 4. The van der Waals surface area contributed by atoms with Crippen molar-refractivity contribution >= 4 is 52.0 Å². The molecule has 0 spiro atoms. The van der Waals surface area contributed by atoms with Crippen molar-refractivity contribution in [3.63, 3.8) is 0 Å². The van der Waals surface area contributed by atoms with E-state index >= 15 is 0 Å². The van der Waals surface area contributed by atoms with Crippen molar-refractivity contribution in [1.82, 2.24) is 0 Å². The van der Waals surface area contributed by atoms with E-state index in [4.69, 9.17) is 46.0 Å². The fourth-order valence-corrected chi connectivity index (χ4v) is 8.68. The molecular weight excluding hydrogens is 357 g/mol. The van der Waals surface area contributed by atoms with Crippen molar-refractivity contribution < 1.29 is 20.4 Å². The van der Waals surface area contributed by atoms with Crippen LogP contribution in [0.3, 0.4) is 0 Å². The van der Waals surface area contributed by atoms with Gasteiger partial charge in [0.2, 0.25) is 0 Å². The van der Waals surface area contributed by atoms with Crippen LogP contribution in [0.1, 0.15) is 0 Å². The molecular formula is C10H21Cl4O4P. The Bertz CT molecular complexity index is 238. The first-order valence-electron chi connectivity index (χ1n) is 5.78. The van der Waals surface area contributed by atoms with Crippen molar-refractivity contribution in [3.8, 4) is 0 Å². The summed E-state index contributed by atoms with van der Waals surface area (Å²) in [5.41, 5.74) is 0. The van der Waals surface area contributed by atoms with Gasteiger partial charge in [-0.2, -0.15) is 0 Å². The Labute approximate surface area is 133 Å². The van der Waals surface area contributed by atoms with Gasteiger partial charge in [-0.15, -0.1) is 0 Å². The van der Waals surface area contributed by atoms with Gasteiger partial charge in [0.25, 0.3) is 0 Å². The van der Waals surface area contributed by atoms with Crippen molar-refractivity contribution in [2.24, 2.45) is 0 Å². The van der Waals surface area contributed by atoms with E-state index in [2.05, 4.69) is 0 Å². The molecule has 0 fully saturated rings. The van der Waals surface area contributed by atoms with Crippen LogP contribution >= 0.6 is 52.0 Å². The fraction of sp³-hybridized carbons (Fsp3) is 1.00. The van der Waals surface area contributed by atoms with Crippen LogP contribution in [0.25, 0.3) is 0 Å². The summed E-state index contributed by atoms with van der Waals surface area (Å²) in [5.74, 6) is -3.61. The van der Waals surface area contributed by atoms with Crippen LogP contribution < -0.4 is 0 Å². The molecule has 4 N–H and O–H groups in total. The Kier molecular flexibility index (Phi) is 9.43. The zero-order chi connectivity index (χ0) is 15.1. The quantitative estimate of drug-likeness (QED) is 0.343. The van der Waals surface area contributed by atoms with Crippen molar-refractivity contribution in [3.05, 3.63) is 0 Å². The molecule has 0 aliphatic carbocycles. The first kappa shape index (κ1) is 20.4. The standard InChI is InChI=1S/C10H21Cl4O4P/c11-1-8(16)4-19(14,7-15,5-9(17)2-12)6-10(18)3-13/h8-10,15-18H,1-7H2. The summed E-state index contributed by atoms with van der Waals surface area (Å²) in [6, 6.07) is 0. The predicted octanol–water partition coefficient (Wildman–Crippen LogP) is 1.44. The minimum atomic E-state index is -3.48. The van der Waals surface area contributed by atoms with Gasteiger partial charge in [0.15, 0.2) is 0 Å². The number of hydrogen-bond acceptors (Lipinski definition) is 4. The van der Waals surface area contributed by atoms with Crippen molar-refractivity contribution in [1.29, 1.82) is 0 Å². The zero-order valence-electron chi connectivity index (χ0n) is 10.4.